The number of piperazine rings is 1. The minimum absolute atomic E-state index is 0.0863. The van der Waals surface area contributed by atoms with Crippen LogP contribution in [0.25, 0.3) is 11.0 Å². The van der Waals surface area contributed by atoms with Crippen molar-refractivity contribution in [3.8, 4) is 0 Å². The van der Waals surface area contributed by atoms with Gasteiger partial charge >= 0.3 is 0 Å². The molecular weight excluding hydrogens is 316 g/mol. The first-order valence-electron chi connectivity index (χ1n) is 8.34. The molecule has 1 aliphatic rings. The van der Waals surface area contributed by atoms with Crippen LogP contribution in [0.1, 0.15) is 0 Å². The molecule has 7 heteroatoms. The van der Waals surface area contributed by atoms with Gasteiger partial charge in [-0.2, -0.15) is 4.98 Å². The lowest BCUT2D eigenvalue weighted by atomic mass is 10.2. The van der Waals surface area contributed by atoms with Crippen LogP contribution in [0.3, 0.4) is 0 Å². The van der Waals surface area contributed by atoms with E-state index in [9.17, 15) is 4.79 Å². The fourth-order valence-electron chi connectivity index (χ4n) is 2.97. The molecule has 7 nitrogen and oxygen atoms in total. The summed E-state index contributed by atoms with van der Waals surface area (Å²) in [4.78, 5) is 28.0. The fourth-order valence-corrected chi connectivity index (χ4v) is 2.97. The van der Waals surface area contributed by atoms with E-state index in [0.717, 1.165) is 31.9 Å². The van der Waals surface area contributed by atoms with Crippen molar-refractivity contribution in [3.05, 3.63) is 52.9 Å². The van der Waals surface area contributed by atoms with Crippen LogP contribution in [-0.4, -0.2) is 53.1 Å². The summed E-state index contributed by atoms with van der Waals surface area (Å²) >= 11 is 0. The summed E-state index contributed by atoms with van der Waals surface area (Å²) in [5.41, 5.74) is 2.58. The number of aromatic nitrogens is 3. The highest BCUT2D eigenvalue weighted by Gasteiger charge is 2.14. The maximum Gasteiger partial charge on any atom is 0.229 e. The van der Waals surface area contributed by atoms with Gasteiger partial charge in [0.05, 0.1) is 5.39 Å². The van der Waals surface area contributed by atoms with Crippen LogP contribution >= 0.6 is 0 Å². The average Bonchev–Trinajstić information content (AvgIpc) is 2.63. The second kappa shape index (κ2) is 6.52. The highest BCUT2D eigenvalue weighted by molar-refractivity contribution is 5.74. The Morgan fingerprint density at radius 2 is 1.84 bits per heavy atom. The molecule has 0 aliphatic carbocycles. The number of anilines is 3. The molecule has 0 unspecified atom stereocenters. The van der Waals surface area contributed by atoms with Crippen molar-refractivity contribution in [1.82, 2.24) is 19.9 Å². The number of likely N-dealkylation sites (N-methyl/N-ethyl adjacent to an activating group) is 1. The summed E-state index contributed by atoms with van der Waals surface area (Å²) in [6, 6.07) is 9.73. The first-order chi connectivity index (χ1) is 12.2. The Morgan fingerprint density at radius 1 is 1.08 bits per heavy atom. The van der Waals surface area contributed by atoms with Gasteiger partial charge in [-0.3, -0.25) is 4.79 Å². The molecule has 0 bridgehead atoms. The smallest absolute Gasteiger partial charge is 0.229 e. The number of hydrogen-bond donors (Lipinski definition) is 2. The molecule has 0 radical (unpaired) electrons. The number of benzene rings is 1. The predicted octanol–water partition coefficient (Wildman–Crippen LogP) is 1.81. The number of H-pyrrole nitrogens is 1. The molecule has 0 atom stereocenters. The Morgan fingerprint density at radius 3 is 2.60 bits per heavy atom. The Labute approximate surface area is 145 Å². The molecule has 25 heavy (non-hydrogen) atoms. The number of nitrogens with one attached hydrogen (secondary N) is 2. The summed E-state index contributed by atoms with van der Waals surface area (Å²) in [6.45, 7) is 4.26. The maximum atomic E-state index is 11.7. The molecule has 0 amide bonds. The van der Waals surface area contributed by atoms with Gasteiger partial charge in [0, 0.05) is 56.0 Å². The highest BCUT2D eigenvalue weighted by atomic mass is 16.1. The molecule has 2 aromatic heterocycles. The van der Waals surface area contributed by atoms with Crippen molar-refractivity contribution in [2.45, 2.75) is 0 Å². The molecule has 1 aromatic carbocycles. The van der Waals surface area contributed by atoms with E-state index in [1.165, 1.54) is 11.8 Å². The van der Waals surface area contributed by atoms with E-state index in [0.29, 0.717) is 17.0 Å². The van der Waals surface area contributed by atoms with Crippen molar-refractivity contribution < 1.29 is 0 Å². The minimum Gasteiger partial charge on any atom is -0.369 e. The molecular formula is C18H20N6O. The number of fused-ring (bicyclic) bond motifs is 1. The van der Waals surface area contributed by atoms with Gasteiger partial charge in [-0.05, 0) is 31.3 Å². The van der Waals surface area contributed by atoms with E-state index < -0.39 is 0 Å². The molecule has 3 aromatic rings. The van der Waals surface area contributed by atoms with Gasteiger partial charge in [0.15, 0.2) is 5.43 Å². The zero-order chi connectivity index (χ0) is 17.2. The first-order valence-corrected chi connectivity index (χ1v) is 8.34. The third kappa shape index (κ3) is 3.32. The van der Waals surface area contributed by atoms with Crippen molar-refractivity contribution in [3.63, 3.8) is 0 Å². The molecule has 2 N–H and O–H groups in total. The third-order valence-corrected chi connectivity index (χ3v) is 4.50. The summed E-state index contributed by atoms with van der Waals surface area (Å²) in [5, 5.41) is 3.67. The fraction of sp³-hybridized carbons (Fsp3) is 0.278. The predicted molar refractivity (Wildman–Crippen MR) is 99.6 cm³/mol. The SMILES string of the molecule is CN1CCN(c2ccc(Nc3ncc4c(=O)cc[nH]c4n3)cc2)CC1. The van der Waals surface area contributed by atoms with E-state index in [2.05, 4.69) is 49.2 Å². The molecule has 1 fully saturated rings. The van der Waals surface area contributed by atoms with Crippen molar-refractivity contribution in [2.24, 2.45) is 0 Å². The zero-order valence-electron chi connectivity index (χ0n) is 14.1. The van der Waals surface area contributed by atoms with E-state index in [1.54, 1.807) is 12.4 Å². The van der Waals surface area contributed by atoms with Crippen LogP contribution in [0.4, 0.5) is 17.3 Å². The largest absolute Gasteiger partial charge is 0.369 e. The molecule has 1 saturated heterocycles. The van der Waals surface area contributed by atoms with E-state index in [4.69, 9.17) is 0 Å². The Bertz CT molecular complexity index is 928. The molecule has 1 aliphatic heterocycles. The van der Waals surface area contributed by atoms with Crippen LogP contribution < -0.4 is 15.6 Å². The van der Waals surface area contributed by atoms with Crippen molar-refractivity contribution in [2.75, 3.05) is 43.4 Å². The maximum absolute atomic E-state index is 11.7. The second-order valence-electron chi connectivity index (χ2n) is 6.26. The first kappa shape index (κ1) is 15.6. The summed E-state index contributed by atoms with van der Waals surface area (Å²) in [7, 11) is 2.15. The second-order valence-corrected chi connectivity index (χ2v) is 6.26. The Hall–Kier alpha value is -2.93. The van der Waals surface area contributed by atoms with Gasteiger partial charge in [0.1, 0.15) is 5.65 Å². The summed E-state index contributed by atoms with van der Waals surface area (Å²) < 4.78 is 0. The monoisotopic (exact) mass is 336 g/mol. The van der Waals surface area contributed by atoms with Crippen LogP contribution in [-0.2, 0) is 0 Å². The Kier molecular flexibility index (Phi) is 4.07. The van der Waals surface area contributed by atoms with Gasteiger partial charge < -0.3 is 20.1 Å². The number of rotatable bonds is 3. The van der Waals surface area contributed by atoms with Crippen LogP contribution in [0.15, 0.2) is 47.5 Å². The van der Waals surface area contributed by atoms with Gasteiger partial charge in [-0.25, -0.2) is 4.98 Å². The Balaban J connectivity index is 1.50. The summed E-state index contributed by atoms with van der Waals surface area (Å²) in [5.74, 6) is 0.460. The molecule has 128 valence electrons. The number of nitrogens with zero attached hydrogens (tertiary/aromatic N) is 4. The lowest BCUT2D eigenvalue weighted by Crippen LogP contribution is -2.44. The van der Waals surface area contributed by atoms with Crippen molar-refractivity contribution in [1.29, 1.82) is 0 Å². The zero-order valence-corrected chi connectivity index (χ0v) is 14.1. The standard InChI is InChI=1S/C18H20N6O/c1-23-8-10-24(11-9-23)14-4-2-13(3-5-14)21-18-20-12-15-16(25)6-7-19-17(15)22-18/h2-7,12H,8-11H2,1H3,(H2,19,20,21,22,25). The number of pyridine rings is 1. The lowest BCUT2D eigenvalue weighted by molar-refractivity contribution is 0.313. The lowest BCUT2D eigenvalue weighted by Gasteiger charge is -2.34. The van der Waals surface area contributed by atoms with E-state index in [-0.39, 0.29) is 5.43 Å². The average molecular weight is 336 g/mol. The van der Waals surface area contributed by atoms with Crippen LogP contribution in [0.5, 0.6) is 0 Å². The van der Waals surface area contributed by atoms with Gasteiger partial charge in [-0.15, -0.1) is 0 Å². The minimum atomic E-state index is -0.0863. The third-order valence-electron chi connectivity index (χ3n) is 4.50. The molecule has 3 heterocycles. The van der Waals surface area contributed by atoms with Crippen LogP contribution in [0, 0.1) is 0 Å². The topological polar surface area (TPSA) is 77.1 Å². The van der Waals surface area contributed by atoms with Crippen molar-refractivity contribution >= 4 is 28.4 Å². The van der Waals surface area contributed by atoms with Gasteiger partial charge in [0.25, 0.3) is 0 Å². The number of hydrogen-bond acceptors (Lipinski definition) is 6. The van der Waals surface area contributed by atoms with Gasteiger partial charge in [-0.1, -0.05) is 0 Å². The molecule has 4 rings (SSSR count). The van der Waals surface area contributed by atoms with E-state index >= 15 is 0 Å². The van der Waals surface area contributed by atoms with E-state index in [1.807, 2.05) is 12.1 Å². The number of aromatic amines is 1. The van der Waals surface area contributed by atoms with Crippen LogP contribution in [0.2, 0.25) is 0 Å². The molecule has 0 spiro atoms. The summed E-state index contributed by atoms with van der Waals surface area (Å²) in [6.07, 6.45) is 3.13. The quantitative estimate of drug-likeness (QED) is 0.760. The highest BCUT2D eigenvalue weighted by Crippen LogP contribution is 2.21. The molecule has 0 saturated carbocycles. The normalized spacial score (nSPS) is 15.5. The van der Waals surface area contributed by atoms with Gasteiger partial charge in [0.2, 0.25) is 5.95 Å².